The van der Waals surface area contributed by atoms with Crippen LogP contribution in [0.5, 0.6) is 0 Å². The van der Waals surface area contributed by atoms with Crippen molar-refractivity contribution >= 4 is 0 Å². The lowest BCUT2D eigenvalue weighted by atomic mass is 9.81. The Hall–Kier alpha value is -0.0400. The Morgan fingerprint density at radius 3 is 2.06 bits per heavy atom. The largest absolute Gasteiger partial charge is 0.393 e. The van der Waals surface area contributed by atoms with Crippen molar-refractivity contribution in [2.75, 3.05) is 0 Å². The molecule has 0 saturated heterocycles. The predicted octanol–water partition coefficient (Wildman–Crippen LogP) is 3.22. The molecule has 2 bridgehead atoms. The first-order valence-electron chi connectivity index (χ1n) is 7.54. The van der Waals surface area contributed by atoms with Gasteiger partial charge in [0.25, 0.3) is 0 Å². The quantitative estimate of drug-likeness (QED) is 0.757. The number of rotatable bonds is 2. The summed E-state index contributed by atoms with van der Waals surface area (Å²) < 4.78 is 0. The SMILES string of the molecule is OC(C1CCCCC1)C1C2C3CCC(C3)C21. The molecule has 0 aromatic rings. The van der Waals surface area contributed by atoms with Gasteiger partial charge in [0.05, 0.1) is 6.10 Å². The first-order chi connectivity index (χ1) is 7.86. The molecule has 0 radical (unpaired) electrons. The second-order valence-electron chi connectivity index (χ2n) is 6.95. The van der Waals surface area contributed by atoms with E-state index in [1.54, 1.807) is 0 Å². The molecule has 4 rings (SSSR count). The smallest absolute Gasteiger partial charge is 0.0602 e. The van der Waals surface area contributed by atoms with Crippen LogP contribution in [0.3, 0.4) is 0 Å². The summed E-state index contributed by atoms with van der Waals surface area (Å²) in [5, 5.41) is 10.6. The van der Waals surface area contributed by atoms with Crippen LogP contribution >= 0.6 is 0 Å². The third-order valence-corrected chi connectivity index (χ3v) is 6.32. The van der Waals surface area contributed by atoms with Crippen LogP contribution in [-0.4, -0.2) is 11.2 Å². The maximum absolute atomic E-state index is 10.6. The molecule has 5 unspecified atom stereocenters. The Bertz CT molecular complexity index is 265. The van der Waals surface area contributed by atoms with Crippen molar-refractivity contribution in [1.29, 1.82) is 0 Å². The van der Waals surface area contributed by atoms with E-state index >= 15 is 0 Å². The lowest BCUT2D eigenvalue weighted by Crippen LogP contribution is -2.27. The summed E-state index contributed by atoms with van der Waals surface area (Å²) in [6.45, 7) is 0. The molecule has 0 aliphatic heterocycles. The average molecular weight is 220 g/mol. The van der Waals surface area contributed by atoms with Crippen LogP contribution in [0.4, 0.5) is 0 Å². The highest BCUT2D eigenvalue weighted by molar-refractivity contribution is 5.15. The zero-order chi connectivity index (χ0) is 10.7. The zero-order valence-corrected chi connectivity index (χ0v) is 10.1. The molecule has 5 atom stereocenters. The van der Waals surface area contributed by atoms with Gasteiger partial charge in [-0.15, -0.1) is 0 Å². The summed E-state index contributed by atoms with van der Waals surface area (Å²) in [5.74, 6) is 5.40. The zero-order valence-electron chi connectivity index (χ0n) is 10.1. The van der Waals surface area contributed by atoms with E-state index in [-0.39, 0.29) is 6.10 Å². The van der Waals surface area contributed by atoms with Crippen LogP contribution in [0.2, 0.25) is 0 Å². The Balaban J connectivity index is 1.44. The van der Waals surface area contributed by atoms with Crippen molar-refractivity contribution in [3.8, 4) is 0 Å². The van der Waals surface area contributed by atoms with Gasteiger partial charge in [-0.2, -0.15) is 0 Å². The van der Waals surface area contributed by atoms with Crippen LogP contribution in [0.1, 0.15) is 51.4 Å². The van der Waals surface area contributed by atoms with Gasteiger partial charge in [-0.05, 0) is 67.6 Å². The molecule has 0 aromatic heterocycles. The van der Waals surface area contributed by atoms with Gasteiger partial charge in [-0.25, -0.2) is 0 Å². The van der Waals surface area contributed by atoms with E-state index in [1.165, 1.54) is 51.4 Å². The van der Waals surface area contributed by atoms with Gasteiger partial charge in [0.15, 0.2) is 0 Å². The number of fused-ring (bicyclic) bond motifs is 5. The minimum Gasteiger partial charge on any atom is -0.393 e. The molecule has 90 valence electrons. The average Bonchev–Trinajstić information content (AvgIpc) is 2.77. The van der Waals surface area contributed by atoms with Crippen LogP contribution in [0, 0.1) is 35.5 Å². The van der Waals surface area contributed by atoms with E-state index in [2.05, 4.69) is 0 Å². The lowest BCUT2D eigenvalue weighted by Gasteiger charge is -2.28. The van der Waals surface area contributed by atoms with E-state index in [4.69, 9.17) is 0 Å². The van der Waals surface area contributed by atoms with E-state index in [1.807, 2.05) is 0 Å². The van der Waals surface area contributed by atoms with E-state index in [9.17, 15) is 5.11 Å². The van der Waals surface area contributed by atoms with Gasteiger partial charge >= 0.3 is 0 Å². The van der Waals surface area contributed by atoms with Crippen molar-refractivity contribution < 1.29 is 5.11 Å². The summed E-state index contributed by atoms with van der Waals surface area (Å²) in [6.07, 6.45) is 11.3. The van der Waals surface area contributed by atoms with E-state index in [0.717, 1.165) is 29.6 Å². The highest BCUT2D eigenvalue weighted by Crippen LogP contribution is 2.71. The standard InChI is InChI=1S/C15H24O/c16-15(9-4-2-1-3-5-9)14-12-10-6-7-11(8-10)13(12)14/h9-16H,1-8H2. The van der Waals surface area contributed by atoms with Crippen molar-refractivity contribution in [3.63, 3.8) is 0 Å². The molecule has 4 fully saturated rings. The van der Waals surface area contributed by atoms with Crippen LogP contribution in [0.25, 0.3) is 0 Å². The van der Waals surface area contributed by atoms with Crippen LogP contribution in [0.15, 0.2) is 0 Å². The summed E-state index contributed by atoms with van der Waals surface area (Å²) in [4.78, 5) is 0. The third kappa shape index (κ3) is 1.27. The van der Waals surface area contributed by atoms with E-state index < -0.39 is 0 Å². The molecule has 1 nitrogen and oxygen atoms in total. The van der Waals surface area contributed by atoms with Crippen molar-refractivity contribution in [2.45, 2.75) is 57.5 Å². The Labute approximate surface area is 98.6 Å². The molecule has 0 heterocycles. The summed E-state index contributed by atoms with van der Waals surface area (Å²) >= 11 is 0. The maximum atomic E-state index is 10.6. The molecule has 0 amide bonds. The molecule has 0 spiro atoms. The van der Waals surface area contributed by atoms with Crippen molar-refractivity contribution in [2.24, 2.45) is 35.5 Å². The van der Waals surface area contributed by atoms with E-state index in [0.29, 0.717) is 5.92 Å². The molecule has 1 heteroatoms. The molecule has 4 saturated carbocycles. The Morgan fingerprint density at radius 1 is 0.812 bits per heavy atom. The number of aliphatic hydroxyl groups is 1. The number of hydrogen-bond acceptors (Lipinski definition) is 1. The molecule has 4 aliphatic rings. The topological polar surface area (TPSA) is 20.2 Å². The second kappa shape index (κ2) is 3.48. The highest BCUT2D eigenvalue weighted by atomic mass is 16.3. The fourth-order valence-electron chi connectivity index (χ4n) is 5.64. The van der Waals surface area contributed by atoms with Crippen LogP contribution in [-0.2, 0) is 0 Å². The van der Waals surface area contributed by atoms with Crippen molar-refractivity contribution in [3.05, 3.63) is 0 Å². The second-order valence-corrected chi connectivity index (χ2v) is 6.95. The minimum atomic E-state index is 0.0821. The first kappa shape index (κ1) is 9.94. The Kier molecular flexibility index (Phi) is 2.16. The van der Waals surface area contributed by atoms with Crippen molar-refractivity contribution in [1.82, 2.24) is 0 Å². The van der Waals surface area contributed by atoms with Gasteiger partial charge in [0.1, 0.15) is 0 Å². The van der Waals surface area contributed by atoms with Gasteiger partial charge in [0.2, 0.25) is 0 Å². The molecule has 4 aliphatic carbocycles. The fourth-order valence-corrected chi connectivity index (χ4v) is 5.64. The molecule has 1 N–H and O–H groups in total. The highest BCUT2D eigenvalue weighted by Gasteiger charge is 2.67. The summed E-state index contributed by atoms with van der Waals surface area (Å²) in [7, 11) is 0. The van der Waals surface area contributed by atoms with Gasteiger partial charge in [0, 0.05) is 0 Å². The van der Waals surface area contributed by atoms with Crippen LogP contribution < -0.4 is 0 Å². The molecule has 0 aromatic carbocycles. The number of aliphatic hydroxyl groups excluding tert-OH is 1. The maximum Gasteiger partial charge on any atom is 0.0602 e. The summed E-state index contributed by atoms with van der Waals surface area (Å²) in [6, 6.07) is 0. The monoisotopic (exact) mass is 220 g/mol. The fraction of sp³-hybridized carbons (Fsp3) is 1.00. The predicted molar refractivity (Wildman–Crippen MR) is 63.9 cm³/mol. The van der Waals surface area contributed by atoms with Gasteiger partial charge in [-0.3, -0.25) is 0 Å². The Morgan fingerprint density at radius 2 is 1.44 bits per heavy atom. The third-order valence-electron chi connectivity index (χ3n) is 6.32. The molecular formula is C15H24O. The lowest BCUT2D eigenvalue weighted by molar-refractivity contribution is 0.0506. The first-order valence-corrected chi connectivity index (χ1v) is 7.54. The molecular weight excluding hydrogens is 196 g/mol. The normalized spacial score (nSPS) is 52.7. The number of hydrogen-bond donors (Lipinski definition) is 1. The van der Waals surface area contributed by atoms with Gasteiger partial charge in [-0.1, -0.05) is 19.3 Å². The summed E-state index contributed by atoms with van der Waals surface area (Å²) in [5.41, 5.74) is 0. The minimum absolute atomic E-state index is 0.0821. The van der Waals surface area contributed by atoms with Gasteiger partial charge < -0.3 is 5.11 Å². The molecule has 16 heavy (non-hydrogen) atoms.